The quantitative estimate of drug-likeness (QED) is 0.457. The van der Waals surface area contributed by atoms with Crippen molar-refractivity contribution in [2.75, 3.05) is 13.1 Å². The van der Waals surface area contributed by atoms with Crippen molar-refractivity contribution in [1.82, 2.24) is 15.5 Å². The first-order valence-corrected chi connectivity index (χ1v) is 9.11. The highest BCUT2D eigenvalue weighted by atomic mass is 16.4. The van der Waals surface area contributed by atoms with E-state index in [0.717, 1.165) is 38.6 Å². The van der Waals surface area contributed by atoms with Crippen LogP contribution in [0.3, 0.4) is 0 Å². The smallest absolute Gasteiger partial charge is 0.330 e. The van der Waals surface area contributed by atoms with Crippen molar-refractivity contribution >= 4 is 11.9 Å². The molecule has 2 aliphatic heterocycles. The number of aliphatic carboxylic acids is 1. The summed E-state index contributed by atoms with van der Waals surface area (Å²) in [6, 6.07) is -0.205. The van der Waals surface area contributed by atoms with Crippen molar-refractivity contribution in [2.45, 2.75) is 43.7 Å². The third-order valence-electron chi connectivity index (χ3n) is 5.38. The first-order chi connectivity index (χ1) is 12.5. The second-order valence-corrected chi connectivity index (χ2v) is 6.80. The van der Waals surface area contributed by atoms with Crippen LogP contribution in [0.15, 0.2) is 49.9 Å². The molecule has 3 N–H and O–H groups in total. The van der Waals surface area contributed by atoms with Crippen LogP contribution in [-0.4, -0.2) is 46.6 Å². The van der Waals surface area contributed by atoms with Crippen LogP contribution in [0.2, 0.25) is 0 Å². The second-order valence-electron chi connectivity index (χ2n) is 6.80. The SMILES string of the molecule is C=CCNC(=CC(=O)O)C1(C2CCCC(C=C)C(=O)N2)CCCN1C=C. The number of rotatable bonds is 8. The molecule has 3 unspecified atom stereocenters. The fourth-order valence-electron chi connectivity index (χ4n) is 4.21. The van der Waals surface area contributed by atoms with E-state index in [9.17, 15) is 14.7 Å². The minimum Gasteiger partial charge on any atom is -0.478 e. The zero-order valence-electron chi connectivity index (χ0n) is 15.2. The molecule has 0 bridgehead atoms. The highest BCUT2D eigenvalue weighted by Crippen LogP contribution is 2.41. The minimum atomic E-state index is -1.02. The molecule has 6 heteroatoms. The Labute approximate surface area is 155 Å². The highest BCUT2D eigenvalue weighted by Gasteiger charge is 2.50. The van der Waals surface area contributed by atoms with Crippen molar-refractivity contribution in [3.8, 4) is 0 Å². The maximum Gasteiger partial charge on any atom is 0.330 e. The molecule has 6 nitrogen and oxygen atoms in total. The van der Waals surface area contributed by atoms with Crippen LogP contribution in [0.1, 0.15) is 32.1 Å². The maximum absolute atomic E-state index is 12.6. The van der Waals surface area contributed by atoms with Gasteiger partial charge in [0, 0.05) is 24.9 Å². The van der Waals surface area contributed by atoms with Crippen LogP contribution >= 0.6 is 0 Å². The first-order valence-electron chi connectivity index (χ1n) is 9.11. The van der Waals surface area contributed by atoms with E-state index in [1.54, 1.807) is 18.4 Å². The van der Waals surface area contributed by atoms with Crippen LogP contribution in [0.4, 0.5) is 0 Å². The molecule has 2 fully saturated rings. The summed E-state index contributed by atoms with van der Waals surface area (Å²) in [5.41, 5.74) is -0.0563. The topological polar surface area (TPSA) is 81.7 Å². The highest BCUT2D eigenvalue weighted by molar-refractivity contribution is 5.82. The van der Waals surface area contributed by atoms with Gasteiger partial charge in [0.25, 0.3) is 0 Å². The molecule has 26 heavy (non-hydrogen) atoms. The summed E-state index contributed by atoms with van der Waals surface area (Å²) in [6.45, 7) is 12.6. The summed E-state index contributed by atoms with van der Waals surface area (Å²) >= 11 is 0. The van der Waals surface area contributed by atoms with Gasteiger partial charge in [0.1, 0.15) is 0 Å². The van der Waals surface area contributed by atoms with Crippen molar-refractivity contribution in [2.24, 2.45) is 5.92 Å². The lowest BCUT2D eigenvalue weighted by Crippen LogP contribution is -2.61. The molecule has 0 radical (unpaired) electrons. The number of likely N-dealkylation sites (tertiary alicyclic amines) is 1. The molecule has 2 saturated heterocycles. The lowest BCUT2D eigenvalue weighted by Gasteiger charge is -2.46. The third-order valence-corrected chi connectivity index (χ3v) is 5.38. The van der Waals surface area contributed by atoms with E-state index in [1.807, 2.05) is 0 Å². The molecule has 142 valence electrons. The van der Waals surface area contributed by atoms with Gasteiger partial charge in [-0.2, -0.15) is 0 Å². The van der Waals surface area contributed by atoms with Gasteiger partial charge in [-0.05, 0) is 31.9 Å². The summed E-state index contributed by atoms with van der Waals surface area (Å²) < 4.78 is 0. The van der Waals surface area contributed by atoms with Crippen LogP contribution < -0.4 is 10.6 Å². The van der Waals surface area contributed by atoms with Crippen molar-refractivity contribution in [3.05, 3.63) is 49.9 Å². The molecule has 2 aliphatic rings. The van der Waals surface area contributed by atoms with Gasteiger partial charge in [-0.3, -0.25) is 4.79 Å². The lowest BCUT2D eigenvalue weighted by molar-refractivity contribution is -0.131. The third kappa shape index (κ3) is 3.84. The van der Waals surface area contributed by atoms with Gasteiger partial charge in [-0.1, -0.05) is 25.2 Å². The van der Waals surface area contributed by atoms with Crippen LogP contribution in [-0.2, 0) is 9.59 Å². The average molecular weight is 359 g/mol. The normalized spacial score (nSPS) is 29.5. The van der Waals surface area contributed by atoms with Crippen molar-refractivity contribution in [1.29, 1.82) is 0 Å². The maximum atomic E-state index is 12.6. The monoisotopic (exact) mass is 359 g/mol. The average Bonchev–Trinajstić information content (AvgIpc) is 2.96. The number of carbonyl (C=O) groups excluding carboxylic acids is 1. The number of hydrogen-bond donors (Lipinski definition) is 3. The Kier molecular flexibility index (Phi) is 6.66. The summed E-state index contributed by atoms with van der Waals surface area (Å²) in [4.78, 5) is 26.2. The zero-order chi connectivity index (χ0) is 19.2. The van der Waals surface area contributed by atoms with E-state index in [2.05, 4.69) is 35.3 Å². The molecular formula is C20H29N3O3. The minimum absolute atomic E-state index is 0.0452. The van der Waals surface area contributed by atoms with E-state index >= 15 is 0 Å². The van der Waals surface area contributed by atoms with Gasteiger partial charge >= 0.3 is 5.97 Å². The number of carbonyl (C=O) groups is 2. The fourth-order valence-corrected chi connectivity index (χ4v) is 4.21. The number of carboxylic acid groups (broad SMARTS) is 1. The zero-order valence-corrected chi connectivity index (χ0v) is 15.2. The Morgan fingerprint density at radius 3 is 2.73 bits per heavy atom. The molecule has 1 amide bonds. The van der Waals surface area contributed by atoms with E-state index < -0.39 is 11.5 Å². The lowest BCUT2D eigenvalue weighted by atomic mass is 9.81. The second kappa shape index (κ2) is 8.74. The largest absolute Gasteiger partial charge is 0.478 e. The van der Waals surface area contributed by atoms with E-state index in [1.165, 1.54) is 6.08 Å². The van der Waals surface area contributed by atoms with Crippen LogP contribution in [0, 0.1) is 5.92 Å². The van der Waals surface area contributed by atoms with Crippen molar-refractivity contribution in [3.63, 3.8) is 0 Å². The Balaban J connectivity index is 2.48. The summed E-state index contributed by atoms with van der Waals surface area (Å²) in [5.74, 6) is -1.27. The van der Waals surface area contributed by atoms with Gasteiger partial charge < -0.3 is 20.6 Å². The molecule has 0 aliphatic carbocycles. The summed E-state index contributed by atoms with van der Waals surface area (Å²) in [7, 11) is 0. The molecule has 2 heterocycles. The molecule has 0 aromatic rings. The van der Waals surface area contributed by atoms with E-state index in [4.69, 9.17) is 0 Å². The molecule has 3 atom stereocenters. The number of nitrogens with one attached hydrogen (secondary N) is 2. The van der Waals surface area contributed by atoms with Gasteiger partial charge in [0.2, 0.25) is 5.91 Å². The van der Waals surface area contributed by atoms with Gasteiger partial charge in [-0.25, -0.2) is 4.79 Å². The molecule has 0 spiro atoms. The van der Waals surface area contributed by atoms with Gasteiger partial charge in [0.15, 0.2) is 0 Å². The Morgan fingerprint density at radius 1 is 1.35 bits per heavy atom. The predicted octanol–water partition coefficient (Wildman–Crippen LogP) is 2.18. The van der Waals surface area contributed by atoms with E-state index in [0.29, 0.717) is 12.2 Å². The molecule has 0 aromatic carbocycles. The summed E-state index contributed by atoms with van der Waals surface area (Å²) in [5, 5.41) is 15.8. The molecule has 0 saturated carbocycles. The fraction of sp³-hybridized carbons (Fsp3) is 0.500. The number of hydrogen-bond acceptors (Lipinski definition) is 4. The Morgan fingerprint density at radius 2 is 2.12 bits per heavy atom. The Hall–Kier alpha value is -2.50. The number of nitrogens with zero attached hydrogens (tertiary/aromatic N) is 1. The van der Waals surface area contributed by atoms with Gasteiger partial charge in [0.05, 0.1) is 17.5 Å². The molecule has 0 aromatic heterocycles. The summed E-state index contributed by atoms with van der Waals surface area (Å²) in [6.07, 6.45) is 10.4. The predicted molar refractivity (Wildman–Crippen MR) is 102 cm³/mol. The number of amides is 1. The van der Waals surface area contributed by atoms with Crippen LogP contribution in [0.5, 0.6) is 0 Å². The van der Waals surface area contributed by atoms with Gasteiger partial charge in [-0.15, -0.1) is 13.2 Å². The van der Waals surface area contributed by atoms with Crippen LogP contribution in [0.25, 0.3) is 0 Å². The molecule has 2 rings (SSSR count). The van der Waals surface area contributed by atoms with E-state index in [-0.39, 0.29) is 17.9 Å². The molecular weight excluding hydrogens is 330 g/mol. The Bertz CT molecular complexity index is 613. The van der Waals surface area contributed by atoms with Crippen molar-refractivity contribution < 1.29 is 14.7 Å². The number of carboxylic acids is 1. The standard InChI is InChI=1S/C20H29N3O3/c1-4-12-21-17(14-18(24)25)20(11-8-13-23(20)6-3)16-10-7-9-15(5-2)19(26)22-16/h4-6,14-16,21H,1-3,7-13H2,(H,22,26)(H,24,25). The first kappa shape index (κ1) is 19.8.